The van der Waals surface area contributed by atoms with E-state index in [0.717, 1.165) is 10.0 Å². The Kier molecular flexibility index (Phi) is 5.68. The quantitative estimate of drug-likeness (QED) is 0.364. The molecule has 1 heterocycles. The van der Waals surface area contributed by atoms with Crippen molar-refractivity contribution in [1.82, 2.24) is 0 Å². The summed E-state index contributed by atoms with van der Waals surface area (Å²) in [4.78, 5) is 24.9. The van der Waals surface area contributed by atoms with Crippen molar-refractivity contribution in [3.8, 4) is 17.2 Å². The maximum atomic E-state index is 12.6. The standard InChI is InChI=1S/C24H17BrO5/c1-28-17-8-6-15(7-9-17)21(26)14-29-18-10-11-19-22(13-18)30-23(24(19)27)12-16-4-2-3-5-20(16)25/h2-13H,14H2,1H3/b23-12-. The molecule has 0 saturated heterocycles. The first-order valence-corrected chi connectivity index (χ1v) is 9.97. The molecule has 0 unspecified atom stereocenters. The van der Waals surface area contributed by atoms with Crippen LogP contribution in [0.25, 0.3) is 6.08 Å². The van der Waals surface area contributed by atoms with Crippen LogP contribution in [0.4, 0.5) is 0 Å². The third kappa shape index (κ3) is 4.14. The number of fused-ring (bicyclic) bond motifs is 1. The number of hydrogen-bond acceptors (Lipinski definition) is 5. The topological polar surface area (TPSA) is 61.8 Å². The van der Waals surface area contributed by atoms with Gasteiger partial charge in [-0.05, 0) is 54.1 Å². The second-order valence-corrected chi connectivity index (χ2v) is 7.41. The van der Waals surface area contributed by atoms with Crippen molar-refractivity contribution in [2.45, 2.75) is 0 Å². The van der Waals surface area contributed by atoms with Crippen molar-refractivity contribution in [3.05, 3.63) is 93.7 Å². The van der Waals surface area contributed by atoms with Gasteiger partial charge in [-0.25, -0.2) is 0 Å². The Labute approximate surface area is 182 Å². The lowest BCUT2D eigenvalue weighted by Gasteiger charge is -2.07. The van der Waals surface area contributed by atoms with Gasteiger partial charge in [0.05, 0.1) is 12.7 Å². The van der Waals surface area contributed by atoms with Gasteiger partial charge in [-0.3, -0.25) is 9.59 Å². The number of ketones is 2. The smallest absolute Gasteiger partial charge is 0.231 e. The molecule has 0 N–H and O–H groups in total. The highest BCUT2D eigenvalue weighted by atomic mass is 79.9. The van der Waals surface area contributed by atoms with Crippen LogP contribution in [0.2, 0.25) is 0 Å². The molecule has 150 valence electrons. The van der Waals surface area contributed by atoms with Crippen LogP contribution in [0.5, 0.6) is 17.2 Å². The lowest BCUT2D eigenvalue weighted by Crippen LogP contribution is -2.11. The van der Waals surface area contributed by atoms with E-state index in [2.05, 4.69) is 15.9 Å². The summed E-state index contributed by atoms with van der Waals surface area (Å²) < 4.78 is 17.3. The Morgan fingerprint density at radius 2 is 1.77 bits per heavy atom. The Balaban J connectivity index is 1.46. The van der Waals surface area contributed by atoms with Crippen molar-refractivity contribution >= 4 is 33.6 Å². The summed E-state index contributed by atoms with van der Waals surface area (Å²) in [6.07, 6.45) is 1.69. The van der Waals surface area contributed by atoms with Gasteiger partial charge in [0.15, 0.2) is 18.1 Å². The monoisotopic (exact) mass is 464 g/mol. The molecule has 0 aliphatic carbocycles. The third-order valence-electron chi connectivity index (χ3n) is 4.62. The summed E-state index contributed by atoms with van der Waals surface area (Å²) in [5.41, 5.74) is 1.83. The number of benzene rings is 3. The van der Waals surface area contributed by atoms with Crippen LogP contribution in [0.3, 0.4) is 0 Å². The molecule has 0 amide bonds. The van der Waals surface area contributed by atoms with E-state index in [4.69, 9.17) is 14.2 Å². The molecule has 0 fully saturated rings. The van der Waals surface area contributed by atoms with E-state index in [1.165, 1.54) is 0 Å². The molecule has 0 radical (unpaired) electrons. The van der Waals surface area contributed by atoms with Gasteiger partial charge in [-0.15, -0.1) is 0 Å². The number of carbonyl (C=O) groups excluding carboxylic acids is 2. The summed E-state index contributed by atoms with van der Waals surface area (Å²) in [6, 6.07) is 19.3. The number of Topliss-reactive ketones (excluding diaryl/α,β-unsaturated/α-hetero) is 2. The number of ether oxygens (including phenoxy) is 3. The van der Waals surface area contributed by atoms with Gasteiger partial charge in [-0.2, -0.15) is 0 Å². The second kappa shape index (κ2) is 8.55. The maximum Gasteiger partial charge on any atom is 0.231 e. The fraction of sp³-hybridized carbons (Fsp3) is 0.0833. The number of halogens is 1. The van der Waals surface area contributed by atoms with Crippen LogP contribution in [0.1, 0.15) is 26.3 Å². The maximum absolute atomic E-state index is 12.6. The lowest BCUT2D eigenvalue weighted by atomic mass is 10.1. The highest BCUT2D eigenvalue weighted by molar-refractivity contribution is 9.10. The highest BCUT2D eigenvalue weighted by Gasteiger charge is 2.28. The molecule has 0 atom stereocenters. The first-order valence-electron chi connectivity index (χ1n) is 9.18. The Bertz CT molecular complexity index is 1150. The molecule has 30 heavy (non-hydrogen) atoms. The fourth-order valence-electron chi connectivity index (χ4n) is 3.00. The molecular formula is C24H17BrO5. The molecule has 0 aromatic heterocycles. The molecular weight excluding hydrogens is 448 g/mol. The minimum absolute atomic E-state index is 0.126. The molecule has 4 rings (SSSR count). The van der Waals surface area contributed by atoms with Crippen molar-refractivity contribution in [2.24, 2.45) is 0 Å². The van der Waals surface area contributed by atoms with Crippen LogP contribution < -0.4 is 14.2 Å². The van der Waals surface area contributed by atoms with E-state index in [-0.39, 0.29) is 23.9 Å². The van der Waals surface area contributed by atoms with E-state index in [9.17, 15) is 9.59 Å². The SMILES string of the molecule is COc1ccc(C(=O)COc2ccc3c(c2)O/C(=C\c2ccccc2Br)C3=O)cc1. The zero-order chi connectivity index (χ0) is 21.1. The van der Waals surface area contributed by atoms with Crippen molar-refractivity contribution in [1.29, 1.82) is 0 Å². The van der Waals surface area contributed by atoms with Crippen molar-refractivity contribution < 1.29 is 23.8 Å². The average molecular weight is 465 g/mol. The number of allylic oxidation sites excluding steroid dienone is 1. The van der Waals surface area contributed by atoms with Gasteiger partial charge >= 0.3 is 0 Å². The van der Waals surface area contributed by atoms with E-state index in [1.54, 1.807) is 55.7 Å². The van der Waals surface area contributed by atoms with E-state index >= 15 is 0 Å². The van der Waals surface area contributed by atoms with E-state index in [1.807, 2.05) is 24.3 Å². The predicted octanol–water partition coefficient (Wildman–Crippen LogP) is 5.34. The molecule has 1 aliphatic rings. The summed E-state index contributed by atoms with van der Waals surface area (Å²) >= 11 is 3.46. The van der Waals surface area contributed by atoms with Crippen LogP contribution >= 0.6 is 15.9 Å². The third-order valence-corrected chi connectivity index (χ3v) is 5.34. The number of carbonyl (C=O) groups is 2. The Morgan fingerprint density at radius 1 is 1.03 bits per heavy atom. The van der Waals surface area contributed by atoms with E-state index in [0.29, 0.717) is 28.4 Å². The predicted molar refractivity (Wildman–Crippen MR) is 116 cm³/mol. The summed E-state index contributed by atoms with van der Waals surface area (Å²) in [7, 11) is 1.57. The van der Waals surface area contributed by atoms with E-state index < -0.39 is 0 Å². The van der Waals surface area contributed by atoms with Crippen molar-refractivity contribution in [2.75, 3.05) is 13.7 Å². The molecule has 1 aliphatic heterocycles. The average Bonchev–Trinajstić information content (AvgIpc) is 3.08. The molecule has 5 nitrogen and oxygen atoms in total. The molecule has 3 aromatic rings. The summed E-state index contributed by atoms with van der Waals surface area (Å²) in [6.45, 7) is -0.126. The van der Waals surface area contributed by atoms with Crippen LogP contribution in [-0.4, -0.2) is 25.3 Å². The zero-order valence-corrected chi connectivity index (χ0v) is 17.6. The van der Waals surface area contributed by atoms with Gasteiger partial charge in [0.25, 0.3) is 0 Å². The van der Waals surface area contributed by atoms with Crippen LogP contribution in [0, 0.1) is 0 Å². The molecule has 0 saturated carbocycles. The minimum atomic E-state index is -0.193. The molecule has 6 heteroatoms. The summed E-state index contributed by atoms with van der Waals surface area (Å²) in [5, 5.41) is 0. The van der Waals surface area contributed by atoms with Gasteiger partial charge in [0.2, 0.25) is 5.78 Å². The minimum Gasteiger partial charge on any atom is -0.497 e. The van der Waals surface area contributed by atoms with Crippen molar-refractivity contribution in [3.63, 3.8) is 0 Å². The van der Waals surface area contributed by atoms with Gasteiger partial charge in [0.1, 0.15) is 17.2 Å². The van der Waals surface area contributed by atoms with Gasteiger partial charge in [-0.1, -0.05) is 34.1 Å². The molecule has 0 bridgehead atoms. The first-order chi connectivity index (χ1) is 14.5. The molecule has 3 aromatic carbocycles. The zero-order valence-electron chi connectivity index (χ0n) is 16.1. The molecule has 0 spiro atoms. The Hall–Kier alpha value is -3.38. The number of rotatable bonds is 6. The fourth-order valence-corrected chi connectivity index (χ4v) is 3.40. The van der Waals surface area contributed by atoms with Gasteiger partial charge < -0.3 is 14.2 Å². The first kappa shape index (κ1) is 19.9. The second-order valence-electron chi connectivity index (χ2n) is 6.56. The summed E-state index contributed by atoms with van der Waals surface area (Å²) in [5.74, 6) is 1.42. The Morgan fingerprint density at radius 3 is 2.50 bits per heavy atom. The number of hydrogen-bond donors (Lipinski definition) is 0. The normalized spacial score (nSPS) is 13.7. The largest absolute Gasteiger partial charge is 0.497 e. The highest BCUT2D eigenvalue weighted by Crippen LogP contribution is 2.35. The van der Waals surface area contributed by atoms with Crippen LogP contribution in [0.15, 0.2) is 77.0 Å². The van der Waals surface area contributed by atoms with Gasteiger partial charge in [0, 0.05) is 16.1 Å². The van der Waals surface area contributed by atoms with Crippen LogP contribution in [-0.2, 0) is 0 Å². The number of methoxy groups -OCH3 is 1. The lowest BCUT2D eigenvalue weighted by molar-refractivity contribution is 0.0921.